The van der Waals surface area contributed by atoms with Gasteiger partial charge in [-0.15, -0.1) is 0 Å². The molecule has 3 aliphatic rings. The van der Waals surface area contributed by atoms with E-state index in [1.54, 1.807) is 29.7 Å². The monoisotopic (exact) mass is 404 g/mol. The topological polar surface area (TPSA) is 68.3 Å². The molecule has 3 aliphatic heterocycles. The summed E-state index contributed by atoms with van der Waals surface area (Å²) in [5.41, 5.74) is 1.07. The van der Waals surface area contributed by atoms with E-state index in [0.717, 1.165) is 5.56 Å². The highest BCUT2D eigenvalue weighted by Crippen LogP contribution is 2.25. The summed E-state index contributed by atoms with van der Waals surface area (Å²) in [6.45, 7) is 6.31. The van der Waals surface area contributed by atoms with E-state index in [1.807, 2.05) is 0 Å². The number of nitrogens with zero attached hydrogens (tertiary/aromatic N) is 2. The second kappa shape index (κ2) is 8.02. The number of ether oxygens (including phenoxy) is 3. The molecule has 0 N–H and O–H groups in total. The molecule has 2 atom stereocenters. The normalized spacial score (nSPS) is 24.5. The summed E-state index contributed by atoms with van der Waals surface area (Å²) in [4.78, 5) is 29.8. The van der Waals surface area contributed by atoms with Crippen LogP contribution in [0.25, 0.3) is 0 Å². The number of allylic oxidation sites excluding steroid dienone is 1. The molecule has 29 heavy (non-hydrogen) atoms. The van der Waals surface area contributed by atoms with Gasteiger partial charge in [0.15, 0.2) is 0 Å². The molecule has 2 amide bonds. The molecule has 1 aromatic carbocycles. The molecule has 0 aromatic heterocycles. The van der Waals surface area contributed by atoms with Crippen LogP contribution in [0, 0.1) is 18.7 Å². The number of rotatable bonds is 2. The average molecular weight is 404 g/mol. The lowest BCUT2D eigenvalue weighted by molar-refractivity contribution is -0.134. The Morgan fingerprint density at radius 1 is 1.03 bits per heavy atom. The van der Waals surface area contributed by atoms with E-state index in [9.17, 15) is 14.0 Å². The number of halogens is 1. The van der Waals surface area contributed by atoms with Crippen LogP contribution in [0.4, 0.5) is 4.39 Å². The second-order valence-electron chi connectivity index (χ2n) is 7.77. The van der Waals surface area contributed by atoms with Crippen LogP contribution in [-0.2, 0) is 19.0 Å². The van der Waals surface area contributed by atoms with Gasteiger partial charge in [-0.1, -0.05) is 6.07 Å². The molecule has 0 spiro atoms. The molecule has 7 nitrogen and oxygen atoms in total. The molecule has 2 saturated heterocycles. The molecule has 8 heteroatoms. The molecule has 0 saturated carbocycles. The fourth-order valence-electron chi connectivity index (χ4n) is 4.10. The molecular weight excluding hydrogens is 379 g/mol. The number of fused-ring (bicyclic) bond motifs is 3. The minimum Gasteiger partial charge on any atom is -0.491 e. The van der Waals surface area contributed by atoms with Crippen molar-refractivity contribution in [2.75, 3.05) is 46.1 Å². The Hall–Kier alpha value is -2.61. The van der Waals surface area contributed by atoms with E-state index in [2.05, 4.69) is 0 Å². The number of carbonyl (C=O) groups excluding carboxylic acids is 2. The smallest absolute Gasteiger partial charge is 0.292 e. The van der Waals surface area contributed by atoms with Crippen molar-refractivity contribution in [3.63, 3.8) is 0 Å². The van der Waals surface area contributed by atoms with E-state index in [1.165, 1.54) is 12.1 Å². The van der Waals surface area contributed by atoms with Gasteiger partial charge in [-0.25, -0.2) is 4.39 Å². The predicted octanol–water partition coefficient (Wildman–Crippen LogP) is 1.71. The Morgan fingerprint density at radius 2 is 1.83 bits per heavy atom. The molecule has 0 radical (unpaired) electrons. The number of benzene rings is 1. The fourth-order valence-corrected chi connectivity index (χ4v) is 4.10. The number of aryl methyl sites for hydroxylation is 1. The van der Waals surface area contributed by atoms with E-state index in [-0.39, 0.29) is 29.5 Å². The molecule has 156 valence electrons. The van der Waals surface area contributed by atoms with Gasteiger partial charge in [0.1, 0.15) is 24.8 Å². The zero-order valence-electron chi connectivity index (χ0n) is 16.7. The molecule has 0 unspecified atom stereocenters. The Labute approximate surface area is 169 Å². The van der Waals surface area contributed by atoms with Gasteiger partial charge in [0.2, 0.25) is 5.76 Å². The average Bonchev–Trinajstić information content (AvgIpc) is 3.00. The van der Waals surface area contributed by atoms with E-state index in [0.29, 0.717) is 57.4 Å². The summed E-state index contributed by atoms with van der Waals surface area (Å²) in [6, 6.07) is 3.91. The highest BCUT2D eigenvalue weighted by Gasteiger charge is 2.39. The van der Waals surface area contributed by atoms with Crippen molar-refractivity contribution >= 4 is 11.8 Å². The Kier molecular flexibility index (Phi) is 5.45. The summed E-state index contributed by atoms with van der Waals surface area (Å²) in [7, 11) is 0. The first-order valence-electron chi connectivity index (χ1n) is 9.84. The lowest BCUT2D eigenvalue weighted by atomic mass is 10.1. The molecule has 3 heterocycles. The van der Waals surface area contributed by atoms with Gasteiger partial charge in [0, 0.05) is 31.1 Å². The Balaban J connectivity index is 1.59. The maximum Gasteiger partial charge on any atom is 0.292 e. The number of hydrogen-bond acceptors (Lipinski definition) is 5. The Bertz CT molecular complexity index is 855. The highest BCUT2D eigenvalue weighted by molar-refractivity contribution is 5.96. The number of hydrogen-bond donors (Lipinski definition) is 0. The van der Waals surface area contributed by atoms with Crippen molar-refractivity contribution in [3.8, 4) is 0 Å². The molecular formula is C21H25FN2O5. The van der Waals surface area contributed by atoms with Crippen LogP contribution in [0.15, 0.2) is 29.7 Å². The summed E-state index contributed by atoms with van der Waals surface area (Å²) in [5, 5.41) is 0. The minimum atomic E-state index is -0.443. The van der Waals surface area contributed by atoms with Crippen LogP contribution in [0.3, 0.4) is 0 Å². The van der Waals surface area contributed by atoms with Crippen LogP contribution in [0.2, 0.25) is 0 Å². The van der Waals surface area contributed by atoms with E-state index >= 15 is 0 Å². The van der Waals surface area contributed by atoms with Crippen molar-refractivity contribution in [1.29, 1.82) is 0 Å². The third-order valence-corrected chi connectivity index (χ3v) is 5.61. The standard InChI is InChI=1S/C21H25FN2O5/c1-13-3-4-16(22)7-18(13)20(25)24-9-15-8-23(10-17(24)12-27-11-15)21(26)19-14(2)28-5-6-29-19/h3-4,7,15,17H,5-6,8-12H2,1-2H3/t15-,17-/m0/s1. The number of amides is 2. The second-order valence-corrected chi connectivity index (χ2v) is 7.77. The van der Waals surface area contributed by atoms with Crippen molar-refractivity contribution in [1.82, 2.24) is 9.80 Å². The van der Waals surface area contributed by atoms with Gasteiger partial charge < -0.3 is 24.0 Å². The van der Waals surface area contributed by atoms with Crippen molar-refractivity contribution in [2.24, 2.45) is 5.92 Å². The first-order valence-corrected chi connectivity index (χ1v) is 9.84. The molecule has 2 fully saturated rings. The zero-order chi connectivity index (χ0) is 20.5. The first kappa shape index (κ1) is 19.7. The lowest BCUT2D eigenvalue weighted by Crippen LogP contribution is -2.48. The van der Waals surface area contributed by atoms with Crippen molar-refractivity contribution < 1.29 is 28.2 Å². The quantitative estimate of drug-likeness (QED) is 0.751. The van der Waals surface area contributed by atoms with Crippen LogP contribution >= 0.6 is 0 Å². The maximum atomic E-state index is 13.8. The molecule has 1 aromatic rings. The lowest BCUT2D eigenvalue weighted by Gasteiger charge is -2.32. The SMILES string of the molecule is CC1=C(C(=O)N2C[C@@H]3COC[C@H](C2)N(C(=O)c2cc(F)ccc2C)C3)OCCO1. The molecule has 0 aliphatic carbocycles. The van der Waals surface area contributed by atoms with Gasteiger partial charge in [-0.2, -0.15) is 0 Å². The van der Waals surface area contributed by atoms with Gasteiger partial charge in [0.25, 0.3) is 11.8 Å². The summed E-state index contributed by atoms with van der Waals surface area (Å²) in [5.74, 6) is -0.220. The van der Waals surface area contributed by atoms with E-state index < -0.39 is 5.82 Å². The van der Waals surface area contributed by atoms with Crippen LogP contribution in [0.1, 0.15) is 22.8 Å². The largest absolute Gasteiger partial charge is 0.491 e. The molecule has 2 bridgehead atoms. The van der Waals surface area contributed by atoms with Gasteiger partial charge in [-0.05, 0) is 31.5 Å². The van der Waals surface area contributed by atoms with Gasteiger partial charge in [0.05, 0.1) is 19.3 Å². The van der Waals surface area contributed by atoms with Crippen LogP contribution in [0.5, 0.6) is 0 Å². The molecule has 4 rings (SSSR count). The maximum absolute atomic E-state index is 13.8. The van der Waals surface area contributed by atoms with Crippen molar-refractivity contribution in [2.45, 2.75) is 19.9 Å². The Morgan fingerprint density at radius 3 is 2.62 bits per heavy atom. The van der Waals surface area contributed by atoms with Crippen molar-refractivity contribution in [3.05, 3.63) is 46.7 Å². The van der Waals surface area contributed by atoms with Crippen LogP contribution < -0.4 is 0 Å². The van der Waals surface area contributed by atoms with Gasteiger partial charge >= 0.3 is 0 Å². The summed E-state index contributed by atoms with van der Waals surface area (Å²) in [6.07, 6.45) is 0. The zero-order valence-corrected chi connectivity index (χ0v) is 16.7. The third-order valence-electron chi connectivity index (χ3n) is 5.61. The summed E-state index contributed by atoms with van der Waals surface area (Å²) < 4.78 is 30.5. The number of carbonyl (C=O) groups is 2. The highest BCUT2D eigenvalue weighted by atomic mass is 19.1. The summed E-state index contributed by atoms with van der Waals surface area (Å²) >= 11 is 0. The first-order chi connectivity index (χ1) is 13.9. The predicted molar refractivity (Wildman–Crippen MR) is 101 cm³/mol. The minimum absolute atomic E-state index is 0.0327. The van der Waals surface area contributed by atoms with E-state index in [4.69, 9.17) is 14.2 Å². The van der Waals surface area contributed by atoms with Gasteiger partial charge in [-0.3, -0.25) is 9.59 Å². The van der Waals surface area contributed by atoms with Crippen LogP contribution in [-0.4, -0.2) is 73.7 Å². The third kappa shape index (κ3) is 3.94. The fraction of sp³-hybridized carbons (Fsp3) is 0.524.